The van der Waals surface area contributed by atoms with Crippen LogP contribution in [0.3, 0.4) is 0 Å². The molecule has 4 N–H and O–H groups in total. The van der Waals surface area contributed by atoms with E-state index in [2.05, 4.69) is 52.0 Å². The van der Waals surface area contributed by atoms with Crippen LogP contribution in [0.5, 0.6) is 0 Å². The number of nitrogens with two attached hydrogens (primary N) is 2. The average molecular weight is 282 g/mol. The van der Waals surface area contributed by atoms with Gasteiger partial charge in [-0.3, -0.25) is 0 Å². The van der Waals surface area contributed by atoms with Crippen molar-refractivity contribution in [3.8, 4) is 0 Å². The van der Waals surface area contributed by atoms with Crippen molar-refractivity contribution in [3.05, 3.63) is 57.6 Å². The van der Waals surface area contributed by atoms with Crippen molar-refractivity contribution in [1.82, 2.24) is 0 Å². The molecule has 0 radical (unpaired) electrons. The number of aryl methyl sites for hydroxylation is 4. The molecule has 0 atom stereocenters. The molecule has 0 unspecified atom stereocenters. The van der Waals surface area contributed by atoms with Crippen molar-refractivity contribution < 1.29 is 0 Å². The first-order chi connectivity index (χ1) is 9.96. The highest BCUT2D eigenvalue weighted by atomic mass is 14.6. The lowest BCUT2D eigenvalue weighted by Crippen LogP contribution is -2.02. The minimum absolute atomic E-state index is 0.902. The second kappa shape index (κ2) is 6.21. The van der Waals surface area contributed by atoms with Gasteiger partial charge in [0.15, 0.2) is 0 Å². The third-order valence-corrected chi connectivity index (χ3v) is 4.23. The molecule has 0 aliphatic carbocycles. The second-order valence-electron chi connectivity index (χ2n) is 5.85. The molecule has 2 aromatic rings. The van der Waals surface area contributed by atoms with Crippen molar-refractivity contribution in [1.29, 1.82) is 0 Å². The van der Waals surface area contributed by atoms with Crippen LogP contribution < -0.4 is 11.5 Å². The van der Waals surface area contributed by atoms with E-state index < -0.39 is 0 Å². The van der Waals surface area contributed by atoms with E-state index in [4.69, 9.17) is 11.5 Å². The Bertz CT molecular complexity index is 609. The van der Waals surface area contributed by atoms with E-state index in [1.165, 1.54) is 22.3 Å². The van der Waals surface area contributed by atoms with E-state index in [0.29, 0.717) is 0 Å². The van der Waals surface area contributed by atoms with Crippen LogP contribution >= 0.6 is 0 Å². The Morgan fingerprint density at radius 2 is 1.14 bits per heavy atom. The van der Waals surface area contributed by atoms with E-state index in [9.17, 15) is 0 Å². The number of anilines is 2. The highest BCUT2D eigenvalue weighted by molar-refractivity contribution is 5.58. The van der Waals surface area contributed by atoms with Crippen LogP contribution in [0.15, 0.2) is 24.3 Å². The fourth-order valence-corrected chi connectivity index (χ4v) is 2.94. The van der Waals surface area contributed by atoms with Gasteiger partial charge in [0, 0.05) is 11.4 Å². The van der Waals surface area contributed by atoms with Crippen molar-refractivity contribution in [2.45, 2.75) is 47.0 Å². The molecule has 0 saturated carbocycles. The fraction of sp³-hybridized carbons (Fsp3) is 0.368. The molecular weight excluding hydrogens is 256 g/mol. The van der Waals surface area contributed by atoms with Gasteiger partial charge in [0.25, 0.3) is 0 Å². The summed E-state index contributed by atoms with van der Waals surface area (Å²) in [6.07, 6.45) is 2.89. The largest absolute Gasteiger partial charge is 0.398 e. The zero-order valence-electron chi connectivity index (χ0n) is 13.6. The fourth-order valence-electron chi connectivity index (χ4n) is 2.94. The maximum Gasteiger partial charge on any atom is 0.0379 e. The summed E-state index contributed by atoms with van der Waals surface area (Å²) >= 11 is 0. The average Bonchev–Trinajstić information content (AvgIpc) is 2.46. The normalized spacial score (nSPS) is 10.9. The van der Waals surface area contributed by atoms with Gasteiger partial charge in [0.1, 0.15) is 0 Å². The molecule has 2 aromatic carbocycles. The summed E-state index contributed by atoms with van der Waals surface area (Å²) in [4.78, 5) is 0. The van der Waals surface area contributed by atoms with Gasteiger partial charge in [0.05, 0.1) is 0 Å². The lowest BCUT2D eigenvalue weighted by molar-refractivity contribution is 1.06. The summed E-state index contributed by atoms with van der Waals surface area (Å²) < 4.78 is 0. The SMILES string of the molecule is CCc1cc(Cc2cc(C)c(N)c(C)c2)cc(CC)c1N. The van der Waals surface area contributed by atoms with Gasteiger partial charge in [-0.1, -0.05) is 38.1 Å². The van der Waals surface area contributed by atoms with Gasteiger partial charge in [-0.15, -0.1) is 0 Å². The van der Waals surface area contributed by atoms with E-state index in [-0.39, 0.29) is 0 Å². The summed E-state index contributed by atoms with van der Waals surface area (Å²) in [6, 6.07) is 8.87. The summed E-state index contributed by atoms with van der Waals surface area (Å²) in [6.45, 7) is 8.46. The maximum atomic E-state index is 6.22. The number of nitrogen functional groups attached to an aromatic ring is 2. The zero-order chi connectivity index (χ0) is 15.6. The van der Waals surface area contributed by atoms with E-state index >= 15 is 0 Å². The molecule has 112 valence electrons. The molecule has 0 amide bonds. The van der Waals surface area contributed by atoms with Gasteiger partial charge in [0.2, 0.25) is 0 Å². The molecule has 2 rings (SSSR count). The highest BCUT2D eigenvalue weighted by Crippen LogP contribution is 2.25. The maximum absolute atomic E-state index is 6.22. The highest BCUT2D eigenvalue weighted by Gasteiger charge is 2.08. The summed E-state index contributed by atoms with van der Waals surface area (Å²) in [5, 5.41) is 0. The molecule has 0 spiro atoms. The minimum atomic E-state index is 0.902. The van der Waals surface area contributed by atoms with Crippen LogP contribution in [-0.4, -0.2) is 0 Å². The topological polar surface area (TPSA) is 52.0 Å². The van der Waals surface area contributed by atoms with E-state index in [0.717, 1.165) is 41.8 Å². The van der Waals surface area contributed by atoms with Gasteiger partial charge in [-0.25, -0.2) is 0 Å². The first-order valence-electron chi connectivity index (χ1n) is 7.72. The zero-order valence-corrected chi connectivity index (χ0v) is 13.6. The van der Waals surface area contributed by atoms with Crippen molar-refractivity contribution in [2.75, 3.05) is 11.5 Å². The number of rotatable bonds is 4. The smallest absolute Gasteiger partial charge is 0.0379 e. The van der Waals surface area contributed by atoms with Crippen LogP contribution in [0.4, 0.5) is 11.4 Å². The van der Waals surface area contributed by atoms with Crippen LogP contribution in [0.25, 0.3) is 0 Å². The molecule has 0 aromatic heterocycles. The molecule has 0 saturated heterocycles. The lowest BCUT2D eigenvalue weighted by atomic mass is 9.94. The molecule has 0 aliphatic heterocycles. The molecule has 0 fully saturated rings. The first-order valence-corrected chi connectivity index (χ1v) is 7.72. The Labute approximate surface area is 128 Å². The van der Waals surface area contributed by atoms with Crippen molar-refractivity contribution >= 4 is 11.4 Å². The van der Waals surface area contributed by atoms with Crippen LogP contribution in [0, 0.1) is 13.8 Å². The quantitative estimate of drug-likeness (QED) is 0.826. The summed E-state index contributed by atoms with van der Waals surface area (Å²) in [5.74, 6) is 0. The standard InChI is InChI=1S/C19H26N2/c1-5-16-10-15(11-17(6-2)19(16)21)9-14-7-12(3)18(20)13(4)8-14/h7-8,10-11H,5-6,9,20-21H2,1-4H3. The molecular formula is C19H26N2. The Balaban J connectivity index is 2.40. The van der Waals surface area contributed by atoms with Crippen molar-refractivity contribution in [2.24, 2.45) is 0 Å². The second-order valence-corrected chi connectivity index (χ2v) is 5.85. The van der Waals surface area contributed by atoms with Gasteiger partial charge < -0.3 is 11.5 Å². The van der Waals surface area contributed by atoms with Gasteiger partial charge in [-0.2, -0.15) is 0 Å². The Hall–Kier alpha value is -1.96. The molecule has 2 heteroatoms. The van der Waals surface area contributed by atoms with Gasteiger partial charge in [-0.05, 0) is 66.5 Å². The third kappa shape index (κ3) is 3.21. The molecule has 2 nitrogen and oxygen atoms in total. The number of hydrogen-bond donors (Lipinski definition) is 2. The molecule has 0 heterocycles. The summed E-state index contributed by atoms with van der Waals surface area (Å²) in [7, 11) is 0. The van der Waals surface area contributed by atoms with Crippen LogP contribution in [0.2, 0.25) is 0 Å². The monoisotopic (exact) mass is 282 g/mol. The first kappa shape index (κ1) is 15.4. The summed E-state index contributed by atoms with van der Waals surface area (Å²) in [5.41, 5.74) is 21.6. The predicted molar refractivity (Wildman–Crippen MR) is 92.7 cm³/mol. The third-order valence-electron chi connectivity index (χ3n) is 4.23. The van der Waals surface area contributed by atoms with Crippen LogP contribution in [0.1, 0.15) is 47.2 Å². The Morgan fingerprint density at radius 1 is 0.714 bits per heavy atom. The minimum Gasteiger partial charge on any atom is -0.398 e. The lowest BCUT2D eigenvalue weighted by Gasteiger charge is -2.14. The Morgan fingerprint density at radius 3 is 1.57 bits per heavy atom. The predicted octanol–water partition coefficient (Wildman–Crippen LogP) is 4.18. The van der Waals surface area contributed by atoms with E-state index in [1.807, 2.05) is 0 Å². The Kier molecular flexibility index (Phi) is 4.56. The molecule has 0 aliphatic rings. The molecule has 0 bridgehead atoms. The number of hydrogen-bond acceptors (Lipinski definition) is 2. The number of benzene rings is 2. The van der Waals surface area contributed by atoms with E-state index in [1.54, 1.807) is 0 Å². The van der Waals surface area contributed by atoms with Gasteiger partial charge >= 0.3 is 0 Å². The van der Waals surface area contributed by atoms with Crippen LogP contribution in [-0.2, 0) is 19.3 Å². The molecule has 21 heavy (non-hydrogen) atoms. The van der Waals surface area contributed by atoms with Crippen molar-refractivity contribution in [3.63, 3.8) is 0 Å².